The van der Waals surface area contributed by atoms with Crippen LogP contribution in [-0.2, 0) is 21.3 Å². The van der Waals surface area contributed by atoms with E-state index < -0.39 is 10.0 Å². The highest BCUT2D eigenvalue weighted by molar-refractivity contribution is 14.0. The molecule has 0 aromatic heterocycles. The molecule has 3 fully saturated rings. The van der Waals surface area contributed by atoms with Crippen molar-refractivity contribution in [1.82, 2.24) is 19.4 Å². The van der Waals surface area contributed by atoms with Crippen molar-refractivity contribution in [2.75, 3.05) is 52.6 Å². The fraction of sp³-hybridized carbons (Fsp3) is 0.667. The molecule has 2 unspecified atom stereocenters. The van der Waals surface area contributed by atoms with Gasteiger partial charge in [-0.25, -0.2) is 8.42 Å². The number of sulfonamides is 1. The van der Waals surface area contributed by atoms with Gasteiger partial charge in [0.25, 0.3) is 0 Å². The van der Waals surface area contributed by atoms with Crippen molar-refractivity contribution in [1.29, 1.82) is 0 Å². The van der Waals surface area contributed by atoms with Crippen molar-refractivity contribution in [3.63, 3.8) is 0 Å². The van der Waals surface area contributed by atoms with Gasteiger partial charge in [0, 0.05) is 52.4 Å². The van der Waals surface area contributed by atoms with Crippen LogP contribution in [0.1, 0.15) is 18.4 Å². The van der Waals surface area contributed by atoms with Crippen LogP contribution < -0.4 is 5.32 Å². The van der Waals surface area contributed by atoms with Crippen molar-refractivity contribution in [2.45, 2.75) is 37.6 Å². The zero-order valence-corrected chi connectivity index (χ0v) is 21.5. The second-order valence-corrected chi connectivity index (χ2v) is 10.4. The molecule has 0 saturated carbocycles. The zero-order valence-electron chi connectivity index (χ0n) is 18.3. The van der Waals surface area contributed by atoms with Gasteiger partial charge in [-0.05, 0) is 18.4 Å². The quantitative estimate of drug-likeness (QED) is 0.330. The first kappa shape index (κ1) is 24.7. The summed E-state index contributed by atoms with van der Waals surface area (Å²) >= 11 is 0. The summed E-state index contributed by atoms with van der Waals surface area (Å²) in [6.07, 6.45) is 3.26. The summed E-state index contributed by atoms with van der Waals surface area (Å²) in [5.74, 6) is 0.827. The standard InChI is InChI=1S/C21H33N5O3S.HI/c1-22-21(23-13-18-9-6-10-26(18)30(2,27)28)25-15-19-20(16-25)29-12-11-24(19)14-17-7-4-3-5-8-17;/h3-5,7-8,18-20H,6,9-16H2,1-2H3,(H,22,23);1H/t18-,19?,20?;/m1./s1. The van der Waals surface area contributed by atoms with Crippen LogP contribution in [0.4, 0.5) is 0 Å². The Labute approximate surface area is 203 Å². The van der Waals surface area contributed by atoms with E-state index in [4.69, 9.17) is 4.74 Å². The number of hydrogen-bond acceptors (Lipinski definition) is 5. The maximum atomic E-state index is 12.0. The third-order valence-electron chi connectivity index (χ3n) is 6.40. The molecule has 1 aromatic carbocycles. The van der Waals surface area contributed by atoms with Crippen molar-refractivity contribution in [3.8, 4) is 0 Å². The topological polar surface area (TPSA) is 77.5 Å². The van der Waals surface area contributed by atoms with Gasteiger partial charge in [0.05, 0.1) is 25.0 Å². The van der Waals surface area contributed by atoms with Gasteiger partial charge in [0.15, 0.2) is 5.96 Å². The molecule has 4 rings (SSSR count). The number of halogens is 1. The molecule has 0 amide bonds. The summed E-state index contributed by atoms with van der Waals surface area (Å²) in [5, 5.41) is 3.43. The summed E-state index contributed by atoms with van der Waals surface area (Å²) in [6, 6.07) is 10.9. The largest absolute Gasteiger partial charge is 0.373 e. The maximum Gasteiger partial charge on any atom is 0.211 e. The summed E-state index contributed by atoms with van der Waals surface area (Å²) in [7, 11) is -1.38. The number of morpholine rings is 1. The fourth-order valence-corrected chi connectivity index (χ4v) is 6.12. The van der Waals surface area contributed by atoms with Gasteiger partial charge < -0.3 is 15.0 Å². The molecule has 1 N–H and O–H groups in total. The number of ether oxygens (including phenoxy) is 1. The van der Waals surface area contributed by atoms with Crippen LogP contribution in [0.5, 0.6) is 0 Å². The minimum atomic E-state index is -3.17. The number of fused-ring (bicyclic) bond motifs is 1. The normalized spacial score (nSPS) is 27.7. The van der Waals surface area contributed by atoms with Crippen LogP contribution in [0.3, 0.4) is 0 Å². The van der Waals surface area contributed by atoms with E-state index in [2.05, 4.69) is 44.4 Å². The SMILES string of the molecule is CN=C(NC[C@H]1CCCN1S(C)(=O)=O)N1CC2OCCN(Cc3ccccc3)C2C1.I. The highest BCUT2D eigenvalue weighted by Crippen LogP contribution is 2.25. The molecule has 3 aliphatic heterocycles. The first-order valence-corrected chi connectivity index (χ1v) is 12.6. The Hall–Kier alpha value is -0.950. The van der Waals surface area contributed by atoms with E-state index in [0.717, 1.165) is 51.6 Å². The Morgan fingerprint density at radius 1 is 1.23 bits per heavy atom. The monoisotopic (exact) mass is 563 g/mol. The van der Waals surface area contributed by atoms with Crippen LogP contribution in [0, 0.1) is 0 Å². The predicted molar refractivity (Wildman–Crippen MR) is 133 cm³/mol. The highest BCUT2D eigenvalue weighted by atomic mass is 127. The number of nitrogens with zero attached hydrogens (tertiary/aromatic N) is 4. The molecule has 174 valence electrons. The van der Waals surface area contributed by atoms with E-state index >= 15 is 0 Å². The van der Waals surface area contributed by atoms with E-state index in [1.165, 1.54) is 11.8 Å². The molecule has 3 heterocycles. The van der Waals surface area contributed by atoms with E-state index in [9.17, 15) is 8.42 Å². The number of benzene rings is 1. The molecule has 0 aliphatic carbocycles. The third kappa shape index (κ3) is 5.89. The fourth-order valence-electron chi connectivity index (χ4n) is 4.94. The third-order valence-corrected chi connectivity index (χ3v) is 7.73. The minimum absolute atomic E-state index is 0. The van der Waals surface area contributed by atoms with Crippen molar-refractivity contribution >= 4 is 40.0 Å². The second-order valence-electron chi connectivity index (χ2n) is 8.44. The van der Waals surface area contributed by atoms with Crippen LogP contribution in [0.15, 0.2) is 35.3 Å². The molecule has 1 aromatic rings. The summed E-state index contributed by atoms with van der Waals surface area (Å²) in [4.78, 5) is 9.24. The van der Waals surface area contributed by atoms with E-state index in [1.807, 2.05) is 6.07 Å². The molecule has 0 spiro atoms. The summed E-state index contributed by atoms with van der Waals surface area (Å²) in [6.45, 7) is 5.46. The van der Waals surface area contributed by atoms with Crippen LogP contribution in [0.25, 0.3) is 0 Å². The Balaban J connectivity index is 0.00000272. The van der Waals surface area contributed by atoms with Crippen molar-refractivity contribution < 1.29 is 13.2 Å². The molecule has 3 saturated heterocycles. The average Bonchev–Trinajstić information content (AvgIpc) is 3.37. The lowest BCUT2D eigenvalue weighted by atomic mass is 10.1. The Bertz CT molecular complexity index is 854. The van der Waals surface area contributed by atoms with Crippen LogP contribution in [0.2, 0.25) is 0 Å². The van der Waals surface area contributed by atoms with E-state index in [0.29, 0.717) is 19.1 Å². The molecule has 3 aliphatic rings. The average molecular weight is 564 g/mol. The molecule has 0 radical (unpaired) electrons. The second kappa shape index (κ2) is 10.8. The molecule has 3 atom stereocenters. The van der Waals surface area contributed by atoms with Crippen LogP contribution >= 0.6 is 24.0 Å². The van der Waals surface area contributed by atoms with Crippen LogP contribution in [-0.4, -0.2) is 99.3 Å². The molecular formula is C21H34IN5O3S. The lowest BCUT2D eigenvalue weighted by Crippen LogP contribution is -2.50. The van der Waals surface area contributed by atoms with Gasteiger partial charge in [0.2, 0.25) is 10.0 Å². The van der Waals surface area contributed by atoms with Crippen molar-refractivity contribution in [3.05, 3.63) is 35.9 Å². The lowest BCUT2D eigenvalue weighted by molar-refractivity contribution is -0.0502. The van der Waals surface area contributed by atoms with Gasteiger partial charge in [-0.1, -0.05) is 30.3 Å². The first-order chi connectivity index (χ1) is 14.5. The Morgan fingerprint density at radius 2 is 2.00 bits per heavy atom. The number of likely N-dealkylation sites (tertiary alicyclic amines) is 1. The number of hydrogen-bond donors (Lipinski definition) is 1. The maximum absolute atomic E-state index is 12.0. The minimum Gasteiger partial charge on any atom is -0.373 e. The molecule has 31 heavy (non-hydrogen) atoms. The van der Waals surface area contributed by atoms with E-state index in [1.54, 1.807) is 11.4 Å². The summed E-state index contributed by atoms with van der Waals surface area (Å²) < 4.78 is 31.7. The number of nitrogens with one attached hydrogen (secondary N) is 1. The molecule has 8 nitrogen and oxygen atoms in total. The number of rotatable bonds is 5. The predicted octanol–water partition coefficient (Wildman–Crippen LogP) is 1.19. The molecular weight excluding hydrogens is 529 g/mol. The Morgan fingerprint density at radius 3 is 2.71 bits per heavy atom. The van der Waals surface area contributed by atoms with Gasteiger partial charge >= 0.3 is 0 Å². The highest BCUT2D eigenvalue weighted by Gasteiger charge is 2.41. The Kier molecular flexibility index (Phi) is 8.58. The number of aliphatic imine (C=N–C) groups is 1. The zero-order chi connectivity index (χ0) is 21.1. The van der Waals surface area contributed by atoms with Gasteiger partial charge in [-0.2, -0.15) is 4.31 Å². The van der Waals surface area contributed by atoms with Gasteiger partial charge in [0.1, 0.15) is 0 Å². The lowest BCUT2D eigenvalue weighted by Gasteiger charge is -2.36. The van der Waals surface area contributed by atoms with Crippen molar-refractivity contribution in [2.24, 2.45) is 4.99 Å². The summed E-state index contributed by atoms with van der Waals surface area (Å²) in [5.41, 5.74) is 1.32. The number of guanidine groups is 1. The van der Waals surface area contributed by atoms with Gasteiger partial charge in [-0.15, -0.1) is 24.0 Å². The first-order valence-electron chi connectivity index (χ1n) is 10.8. The van der Waals surface area contributed by atoms with Gasteiger partial charge in [-0.3, -0.25) is 9.89 Å². The molecule has 0 bridgehead atoms. The van der Waals surface area contributed by atoms with E-state index in [-0.39, 0.29) is 36.1 Å². The smallest absolute Gasteiger partial charge is 0.211 e. The molecule has 10 heteroatoms.